The maximum absolute atomic E-state index is 8.99. The lowest BCUT2D eigenvalue weighted by Crippen LogP contribution is -2.32. The normalized spacial score (nSPS) is 17.8. The summed E-state index contributed by atoms with van der Waals surface area (Å²) >= 11 is 3.60. The number of aryl methyl sites for hydroxylation is 1. The van der Waals surface area contributed by atoms with Crippen molar-refractivity contribution < 1.29 is 5.11 Å². The number of hydrogen-bond donors (Lipinski definition) is 1. The van der Waals surface area contributed by atoms with Crippen LogP contribution < -0.4 is 4.90 Å². The number of nitrogens with zero attached hydrogens (tertiary/aromatic N) is 3. The number of halogens is 1. The van der Waals surface area contributed by atoms with E-state index in [1.54, 1.807) is 0 Å². The number of aliphatic hydroxyl groups is 1. The molecule has 0 unspecified atom stereocenters. The molecule has 4 nitrogen and oxygen atoms in total. The fourth-order valence-electron chi connectivity index (χ4n) is 2.31. The Morgan fingerprint density at radius 3 is 2.89 bits per heavy atom. The molecule has 5 heteroatoms. The maximum atomic E-state index is 8.99. The van der Waals surface area contributed by atoms with Crippen molar-refractivity contribution in [2.24, 2.45) is 0 Å². The van der Waals surface area contributed by atoms with Crippen molar-refractivity contribution in [1.29, 1.82) is 0 Å². The van der Waals surface area contributed by atoms with E-state index in [2.05, 4.69) is 36.8 Å². The quantitative estimate of drug-likeness (QED) is 0.921. The summed E-state index contributed by atoms with van der Waals surface area (Å²) in [6, 6.07) is 2.11. The summed E-state index contributed by atoms with van der Waals surface area (Å²) < 4.78 is 1.07. The Kier molecular flexibility index (Phi) is 4.97. The number of β-amino-alcohol motifs (C(OH)–C–C–N with tert-alkyl or cyclic N) is 1. The fraction of sp³-hybridized carbons (Fsp3) is 0.615. The third kappa shape index (κ3) is 3.43. The first-order valence-electron chi connectivity index (χ1n) is 6.41. The zero-order valence-electron chi connectivity index (χ0n) is 10.8. The SMILES string of the molecule is Cc1cnc(N2CCCN(CCO)CC2)c(Br)c1. The molecule has 100 valence electrons. The molecular formula is C13H20BrN3O. The number of rotatable bonds is 3. The van der Waals surface area contributed by atoms with Gasteiger partial charge in [-0.25, -0.2) is 4.98 Å². The molecule has 0 amide bonds. The van der Waals surface area contributed by atoms with E-state index in [0.717, 1.165) is 49.4 Å². The van der Waals surface area contributed by atoms with E-state index in [-0.39, 0.29) is 6.61 Å². The molecule has 1 aliphatic rings. The Hall–Kier alpha value is -0.650. The predicted molar refractivity (Wildman–Crippen MR) is 77.0 cm³/mol. The average Bonchev–Trinajstić information content (AvgIpc) is 2.55. The smallest absolute Gasteiger partial charge is 0.142 e. The van der Waals surface area contributed by atoms with Crippen molar-refractivity contribution in [2.45, 2.75) is 13.3 Å². The second-order valence-electron chi connectivity index (χ2n) is 4.72. The molecule has 2 rings (SSSR count). The highest BCUT2D eigenvalue weighted by Gasteiger charge is 2.17. The van der Waals surface area contributed by atoms with Gasteiger partial charge in [-0.3, -0.25) is 4.90 Å². The van der Waals surface area contributed by atoms with Gasteiger partial charge in [-0.05, 0) is 47.4 Å². The van der Waals surface area contributed by atoms with E-state index >= 15 is 0 Å². The molecule has 0 atom stereocenters. The topological polar surface area (TPSA) is 39.6 Å². The molecule has 1 aromatic heterocycles. The van der Waals surface area contributed by atoms with Gasteiger partial charge in [0, 0.05) is 32.4 Å². The lowest BCUT2D eigenvalue weighted by molar-refractivity contribution is 0.204. The maximum Gasteiger partial charge on any atom is 0.142 e. The highest BCUT2D eigenvalue weighted by Crippen LogP contribution is 2.25. The van der Waals surface area contributed by atoms with E-state index in [1.807, 2.05) is 13.1 Å². The third-order valence-corrected chi connectivity index (χ3v) is 3.85. The minimum atomic E-state index is 0.243. The first kappa shape index (κ1) is 13.8. The van der Waals surface area contributed by atoms with Crippen LogP contribution in [0.5, 0.6) is 0 Å². The Morgan fingerprint density at radius 2 is 2.17 bits per heavy atom. The fourth-order valence-corrected chi connectivity index (χ4v) is 3.02. The Morgan fingerprint density at radius 1 is 1.33 bits per heavy atom. The molecule has 0 radical (unpaired) electrons. The molecule has 18 heavy (non-hydrogen) atoms. The highest BCUT2D eigenvalue weighted by atomic mass is 79.9. The lowest BCUT2D eigenvalue weighted by Gasteiger charge is -2.23. The van der Waals surface area contributed by atoms with Crippen LogP contribution >= 0.6 is 15.9 Å². The van der Waals surface area contributed by atoms with Gasteiger partial charge >= 0.3 is 0 Å². The summed E-state index contributed by atoms with van der Waals surface area (Å²) in [4.78, 5) is 9.15. The van der Waals surface area contributed by atoms with Gasteiger partial charge in [-0.15, -0.1) is 0 Å². The minimum absolute atomic E-state index is 0.243. The zero-order valence-corrected chi connectivity index (χ0v) is 12.4. The molecule has 0 spiro atoms. The van der Waals surface area contributed by atoms with Gasteiger partial charge in [-0.2, -0.15) is 0 Å². The minimum Gasteiger partial charge on any atom is -0.395 e. The summed E-state index contributed by atoms with van der Waals surface area (Å²) in [5.74, 6) is 1.03. The third-order valence-electron chi connectivity index (χ3n) is 3.26. The molecule has 1 aromatic rings. The largest absolute Gasteiger partial charge is 0.395 e. The van der Waals surface area contributed by atoms with Gasteiger partial charge in [0.05, 0.1) is 11.1 Å². The van der Waals surface area contributed by atoms with Crippen molar-refractivity contribution >= 4 is 21.7 Å². The first-order chi connectivity index (χ1) is 8.70. The molecule has 1 fully saturated rings. The Balaban J connectivity index is 2.05. The van der Waals surface area contributed by atoms with Gasteiger partial charge in [0.15, 0.2) is 0 Å². The van der Waals surface area contributed by atoms with Crippen molar-refractivity contribution in [2.75, 3.05) is 44.2 Å². The standard InChI is InChI=1S/C13H20BrN3O/c1-11-9-12(14)13(15-10-11)17-4-2-3-16(5-6-17)7-8-18/h9-10,18H,2-8H2,1H3. The van der Waals surface area contributed by atoms with Crippen LogP contribution in [-0.4, -0.2) is 54.3 Å². The van der Waals surface area contributed by atoms with Crippen LogP contribution in [-0.2, 0) is 0 Å². The van der Waals surface area contributed by atoms with Crippen molar-refractivity contribution in [3.8, 4) is 0 Å². The van der Waals surface area contributed by atoms with Gasteiger partial charge in [0.25, 0.3) is 0 Å². The summed E-state index contributed by atoms with van der Waals surface area (Å²) in [7, 11) is 0. The number of aromatic nitrogens is 1. The molecule has 0 aromatic carbocycles. The first-order valence-corrected chi connectivity index (χ1v) is 7.20. The van der Waals surface area contributed by atoms with E-state index in [1.165, 1.54) is 5.56 Å². The average molecular weight is 314 g/mol. The van der Waals surface area contributed by atoms with Crippen molar-refractivity contribution in [3.05, 3.63) is 22.3 Å². The molecular weight excluding hydrogens is 294 g/mol. The van der Waals surface area contributed by atoms with E-state index in [0.29, 0.717) is 0 Å². The molecule has 1 saturated heterocycles. The van der Waals surface area contributed by atoms with Gasteiger partial charge in [0.1, 0.15) is 5.82 Å². The van der Waals surface area contributed by atoms with Crippen LogP contribution in [0.25, 0.3) is 0 Å². The Bertz CT molecular complexity index is 400. The monoisotopic (exact) mass is 313 g/mol. The van der Waals surface area contributed by atoms with Crippen LogP contribution in [0.1, 0.15) is 12.0 Å². The van der Waals surface area contributed by atoms with E-state index in [4.69, 9.17) is 5.11 Å². The molecule has 1 aliphatic heterocycles. The summed E-state index contributed by atoms with van der Waals surface area (Å²) in [5.41, 5.74) is 1.17. The number of hydrogen-bond acceptors (Lipinski definition) is 4. The second-order valence-corrected chi connectivity index (χ2v) is 5.58. The van der Waals surface area contributed by atoms with Crippen molar-refractivity contribution in [1.82, 2.24) is 9.88 Å². The number of aliphatic hydroxyl groups excluding tert-OH is 1. The molecule has 0 bridgehead atoms. The van der Waals surface area contributed by atoms with Gasteiger partial charge < -0.3 is 10.0 Å². The van der Waals surface area contributed by atoms with Gasteiger partial charge in [-0.1, -0.05) is 0 Å². The highest BCUT2D eigenvalue weighted by molar-refractivity contribution is 9.10. The summed E-state index contributed by atoms with van der Waals surface area (Å²) in [5, 5.41) is 8.99. The van der Waals surface area contributed by atoms with E-state index in [9.17, 15) is 0 Å². The second kappa shape index (κ2) is 6.50. The molecule has 0 saturated carbocycles. The lowest BCUT2D eigenvalue weighted by atomic mass is 10.3. The van der Waals surface area contributed by atoms with Crippen LogP contribution in [0.15, 0.2) is 16.7 Å². The van der Waals surface area contributed by atoms with E-state index < -0.39 is 0 Å². The summed E-state index contributed by atoms with van der Waals surface area (Å²) in [6.45, 7) is 7.10. The summed E-state index contributed by atoms with van der Waals surface area (Å²) in [6.07, 6.45) is 3.03. The van der Waals surface area contributed by atoms with Crippen molar-refractivity contribution in [3.63, 3.8) is 0 Å². The van der Waals surface area contributed by atoms with Crippen LogP contribution in [0.2, 0.25) is 0 Å². The Labute approximate surface area is 117 Å². The molecule has 1 N–H and O–H groups in total. The number of pyridine rings is 1. The van der Waals surface area contributed by atoms with Crippen LogP contribution in [0.3, 0.4) is 0 Å². The van der Waals surface area contributed by atoms with Crippen LogP contribution in [0, 0.1) is 6.92 Å². The number of anilines is 1. The van der Waals surface area contributed by atoms with Crippen LogP contribution in [0.4, 0.5) is 5.82 Å². The van der Waals surface area contributed by atoms with Gasteiger partial charge in [0.2, 0.25) is 0 Å². The zero-order chi connectivity index (χ0) is 13.0. The molecule has 0 aliphatic carbocycles. The predicted octanol–water partition coefficient (Wildman–Crippen LogP) is 1.66. The molecule has 2 heterocycles.